The Balaban J connectivity index is 1.90. The van der Waals surface area contributed by atoms with E-state index in [9.17, 15) is 35.1 Å². The van der Waals surface area contributed by atoms with Crippen LogP contribution in [0.15, 0.2) is 72.9 Å². The lowest BCUT2D eigenvalue weighted by atomic mass is 9.99. The quantitative estimate of drug-likeness (QED) is 0.0195. The molecule has 11 nitrogen and oxygen atoms in total. The van der Waals surface area contributed by atoms with E-state index in [2.05, 4.69) is 79.9 Å². The van der Waals surface area contributed by atoms with Gasteiger partial charge in [0.2, 0.25) is 5.91 Å². The van der Waals surface area contributed by atoms with E-state index < -0.39 is 49.5 Å². The van der Waals surface area contributed by atoms with Gasteiger partial charge in [-0.15, -0.1) is 0 Å². The number of esters is 1. The maximum atomic E-state index is 13.0. The van der Waals surface area contributed by atoms with Crippen molar-refractivity contribution in [2.45, 2.75) is 384 Å². The zero-order valence-corrected chi connectivity index (χ0v) is 56.9. The summed E-state index contributed by atoms with van der Waals surface area (Å²) in [6, 6.07) is -0.826. The van der Waals surface area contributed by atoms with E-state index in [0.29, 0.717) is 19.4 Å². The van der Waals surface area contributed by atoms with Gasteiger partial charge in [-0.25, -0.2) is 0 Å². The molecule has 1 rings (SSSR count). The molecule has 7 unspecified atom stereocenters. The van der Waals surface area contributed by atoms with E-state index in [-0.39, 0.29) is 18.5 Å². The minimum Gasteiger partial charge on any atom is -0.466 e. The average molecular weight is 1240 g/mol. The van der Waals surface area contributed by atoms with Gasteiger partial charge >= 0.3 is 5.97 Å². The van der Waals surface area contributed by atoms with Crippen LogP contribution in [-0.4, -0.2) is 100 Å². The van der Waals surface area contributed by atoms with Crippen LogP contribution in [-0.2, 0) is 23.8 Å². The molecule has 1 aliphatic rings. The Kier molecular flexibility index (Phi) is 61.9. The summed E-state index contributed by atoms with van der Waals surface area (Å²) in [6.07, 6.45) is 79.3. The van der Waals surface area contributed by atoms with Crippen molar-refractivity contribution in [1.29, 1.82) is 0 Å². The molecule has 6 N–H and O–H groups in total. The Morgan fingerprint density at radius 2 is 0.773 bits per heavy atom. The molecule has 512 valence electrons. The minimum absolute atomic E-state index is 0.000986. The zero-order valence-electron chi connectivity index (χ0n) is 56.9. The second-order valence-electron chi connectivity index (χ2n) is 25.6. The number of carbonyl (C=O) groups excluding carboxylic acids is 2. The molecule has 0 aromatic heterocycles. The zero-order chi connectivity index (χ0) is 63.7. The maximum Gasteiger partial charge on any atom is 0.305 e. The Hall–Kier alpha value is -2.90. The molecule has 0 aliphatic carbocycles. The highest BCUT2D eigenvalue weighted by Crippen LogP contribution is 2.23. The summed E-state index contributed by atoms with van der Waals surface area (Å²) in [5.74, 6) is -0.193. The van der Waals surface area contributed by atoms with E-state index in [0.717, 1.165) is 70.6 Å². The molecular weight excluding hydrogens is 1100 g/mol. The normalized spacial score (nSPS) is 18.2. The van der Waals surface area contributed by atoms with Crippen molar-refractivity contribution >= 4 is 11.9 Å². The van der Waals surface area contributed by atoms with Crippen LogP contribution >= 0.6 is 0 Å². The van der Waals surface area contributed by atoms with Crippen molar-refractivity contribution in [2.75, 3.05) is 19.8 Å². The van der Waals surface area contributed by atoms with Crippen molar-refractivity contribution in [3.05, 3.63) is 72.9 Å². The van der Waals surface area contributed by atoms with E-state index in [1.54, 1.807) is 6.08 Å². The summed E-state index contributed by atoms with van der Waals surface area (Å²) in [5.41, 5.74) is 0. The third kappa shape index (κ3) is 53.7. The molecule has 0 radical (unpaired) electrons. The van der Waals surface area contributed by atoms with Gasteiger partial charge in [0, 0.05) is 12.8 Å². The lowest BCUT2D eigenvalue weighted by Crippen LogP contribution is -2.60. The number of allylic oxidation sites excluding steroid dienone is 11. The van der Waals surface area contributed by atoms with Gasteiger partial charge in [-0.3, -0.25) is 9.59 Å². The first-order chi connectivity index (χ1) is 43.2. The molecule has 0 aromatic rings. The van der Waals surface area contributed by atoms with Crippen LogP contribution in [0.2, 0.25) is 0 Å². The number of hydrogen-bond acceptors (Lipinski definition) is 10. The van der Waals surface area contributed by atoms with E-state index in [1.807, 2.05) is 6.08 Å². The monoisotopic (exact) mass is 1240 g/mol. The molecule has 0 spiro atoms. The number of hydrogen-bond donors (Lipinski definition) is 6. The number of aliphatic hydroxyl groups is 5. The van der Waals surface area contributed by atoms with Gasteiger partial charge in [-0.2, -0.15) is 0 Å². The summed E-state index contributed by atoms with van der Waals surface area (Å²) in [4.78, 5) is 25.1. The molecule has 1 aliphatic heterocycles. The molecular formula is C77H139NO10. The van der Waals surface area contributed by atoms with Crippen molar-refractivity contribution in [3.63, 3.8) is 0 Å². The molecule has 11 heteroatoms. The molecule has 7 atom stereocenters. The van der Waals surface area contributed by atoms with Crippen LogP contribution in [0.25, 0.3) is 0 Å². The van der Waals surface area contributed by atoms with Gasteiger partial charge in [0.25, 0.3) is 0 Å². The summed E-state index contributed by atoms with van der Waals surface area (Å²) >= 11 is 0. The van der Waals surface area contributed by atoms with Crippen LogP contribution in [0, 0.1) is 0 Å². The van der Waals surface area contributed by atoms with Gasteiger partial charge < -0.3 is 45.1 Å². The Labute approximate surface area is 541 Å². The summed E-state index contributed by atoms with van der Waals surface area (Å²) in [6.45, 7) is 4.27. The number of amides is 1. The van der Waals surface area contributed by atoms with Gasteiger partial charge in [-0.1, -0.05) is 292 Å². The van der Waals surface area contributed by atoms with E-state index in [4.69, 9.17) is 14.2 Å². The highest BCUT2D eigenvalue weighted by Gasteiger charge is 2.44. The first kappa shape index (κ1) is 83.1. The lowest BCUT2D eigenvalue weighted by molar-refractivity contribution is -0.302. The summed E-state index contributed by atoms with van der Waals surface area (Å²) in [5, 5.41) is 54.3. The number of rotatable bonds is 65. The molecule has 0 saturated carbocycles. The fourth-order valence-corrected chi connectivity index (χ4v) is 11.4. The predicted molar refractivity (Wildman–Crippen MR) is 370 cm³/mol. The first-order valence-electron chi connectivity index (χ1n) is 37.2. The Morgan fingerprint density at radius 1 is 0.420 bits per heavy atom. The molecule has 0 aromatic carbocycles. The van der Waals surface area contributed by atoms with Crippen molar-refractivity contribution in [1.82, 2.24) is 5.32 Å². The van der Waals surface area contributed by atoms with Crippen LogP contribution < -0.4 is 5.32 Å². The fraction of sp³-hybridized carbons (Fsp3) is 0.818. The largest absolute Gasteiger partial charge is 0.466 e. The Bertz CT molecular complexity index is 1690. The number of aliphatic hydroxyl groups excluding tert-OH is 5. The second kappa shape index (κ2) is 65.6. The highest BCUT2D eigenvalue weighted by molar-refractivity contribution is 5.76. The summed E-state index contributed by atoms with van der Waals surface area (Å²) in [7, 11) is 0. The maximum absolute atomic E-state index is 13.0. The third-order valence-corrected chi connectivity index (χ3v) is 17.3. The fourth-order valence-electron chi connectivity index (χ4n) is 11.4. The van der Waals surface area contributed by atoms with Gasteiger partial charge in [0.15, 0.2) is 6.29 Å². The molecule has 1 amide bonds. The van der Waals surface area contributed by atoms with Crippen LogP contribution in [0.5, 0.6) is 0 Å². The number of unbranched alkanes of at least 4 members (excludes halogenated alkanes) is 41. The molecule has 1 heterocycles. The molecule has 1 saturated heterocycles. The lowest BCUT2D eigenvalue weighted by Gasteiger charge is -2.40. The molecule has 88 heavy (non-hydrogen) atoms. The average Bonchev–Trinajstić information content (AvgIpc) is 2.89. The minimum atomic E-state index is -1.58. The first-order valence-corrected chi connectivity index (χ1v) is 37.2. The van der Waals surface area contributed by atoms with Crippen molar-refractivity contribution in [3.8, 4) is 0 Å². The number of ether oxygens (including phenoxy) is 3. The summed E-state index contributed by atoms with van der Waals surface area (Å²) < 4.78 is 16.7. The van der Waals surface area contributed by atoms with E-state index >= 15 is 0 Å². The van der Waals surface area contributed by atoms with Crippen LogP contribution in [0.4, 0.5) is 0 Å². The van der Waals surface area contributed by atoms with Crippen molar-refractivity contribution in [2.24, 2.45) is 0 Å². The predicted octanol–water partition coefficient (Wildman–Crippen LogP) is 19.5. The molecule has 1 fully saturated rings. The number of nitrogens with one attached hydrogen (secondary N) is 1. The smallest absolute Gasteiger partial charge is 0.305 e. The molecule has 0 bridgehead atoms. The number of carbonyl (C=O) groups is 2. The van der Waals surface area contributed by atoms with Gasteiger partial charge in [0.05, 0.1) is 32.0 Å². The van der Waals surface area contributed by atoms with Gasteiger partial charge in [0.1, 0.15) is 24.4 Å². The second-order valence-corrected chi connectivity index (χ2v) is 25.6. The SMILES string of the molecule is CCCCC/C=C/CC/C=C/C(O)C(COC1OC(CO)C(O)C(O)C1O)NC(=O)CCCCCCCCCCCCCCCCCCC/C=C\C/C=C\CCCCCCCCCCCOC(=O)CCCCCCCCC/C=C\C/C=C\CCCCCC. The highest BCUT2D eigenvalue weighted by atomic mass is 16.7. The standard InChI is InChI=1S/C77H139NO10/c1-3-5-7-9-11-13-14-15-16-17-36-39-42-45-49-53-57-61-65-73(82)86-66-62-58-54-50-46-43-40-37-34-32-30-28-26-24-22-20-18-19-21-23-25-27-29-31-33-35-38-41-44-48-52-56-60-64-72(81)78-69(70(80)63-59-55-51-47-12-10-8-6-4-2)68-87-77-76(85)75(84)74(83)71(67-79)88-77/h12-14,16-17,22,24,28,30,47,59,63,69-71,74-77,79-80,83-85H,3-11,15,18-21,23,25-27,29,31-46,48-58,60-62,64-68H2,1-2H3,(H,78,81)/b14-13-,17-16-,24-22-,30-28-,47-12+,63-59+. The third-order valence-electron chi connectivity index (χ3n) is 17.3. The van der Waals surface area contributed by atoms with Crippen LogP contribution in [0.3, 0.4) is 0 Å². The van der Waals surface area contributed by atoms with E-state index in [1.165, 1.54) is 244 Å². The van der Waals surface area contributed by atoms with Crippen molar-refractivity contribution < 1.29 is 49.3 Å². The topological polar surface area (TPSA) is 175 Å². The Morgan fingerprint density at radius 3 is 1.22 bits per heavy atom. The van der Waals surface area contributed by atoms with Gasteiger partial charge in [-0.05, 0) is 109 Å². The van der Waals surface area contributed by atoms with Crippen LogP contribution in [0.1, 0.15) is 341 Å².